The maximum absolute atomic E-state index is 11.6. The van der Waals surface area contributed by atoms with Crippen molar-refractivity contribution < 1.29 is 55.7 Å². The van der Waals surface area contributed by atoms with E-state index in [1.54, 1.807) is 7.05 Å². The smallest absolute Gasteiger partial charge is 0.453 e. The predicted molar refractivity (Wildman–Crippen MR) is 390 cm³/mol. The number of aliphatic hydroxyl groups excluding tert-OH is 1. The van der Waals surface area contributed by atoms with Gasteiger partial charge in [-0.2, -0.15) is 46.8 Å². The minimum atomic E-state index is -1.81. The number of ether oxygens (including phenoxy) is 3. The van der Waals surface area contributed by atoms with Gasteiger partial charge in [0.05, 0.1) is 57.2 Å². The number of nitrogens with one attached hydrogen (secondary N) is 1. The molecule has 2 aliphatic heterocycles. The molecule has 0 radical (unpaired) electrons. The number of amides is 3. The summed E-state index contributed by atoms with van der Waals surface area (Å²) in [6.07, 6.45) is 2.55. The molecule has 2 heterocycles. The van der Waals surface area contributed by atoms with E-state index in [4.69, 9.17) is 76.3 Å². The van der Waals surface area contributed by atoms with Gasteiger partial charge in [0.25, 0.3) is 11.8 Å². The molecule has 2 fully saturated rings. The van der Waals surface area contributed by atoms with Gasteiger partial charge >= 0.3 is 35.3 Å². The number of benzene rings is 5. The molecule has 88 heavy (non-hydrogen) atoms. The molecule has 0 aliphatic carbocycles. The van der Waals surface area contributed by atoms with Crippen molar-refractivity contribution in [3.05, 3.63) is 186 Å². The number of nitrogens with zero attached hydrogens (tertiary/aromatic N) is 1. The van der Waals surface area contributed by atoms with Crippen molar-refractivity contribution in [2.75, 3.05) is 55.5 Å². The fourth-order valence-electron chi connectivity index (χ4n) is 7.13. The zero-order valence-corrected chi connectivity index (χ0v) is 66.7. The SMILES string of the molecule is C1CCOC1.CNC(=O)OC[Si](C)(C)Cc1ccccc1.C[Si](C)(CCl)Cc1ccccc1.C[Si](C)(CO)Cc1ccccc1.C[Si](C)(COC(=O)ON1C(=O)CCC1=O)Cc1ccccc1.C[Si](C)(Cl)CCl.C[Si](C)(Cl)CCl.[CH2-]c1ccccc1.[ClH2+].[Mg+2]. The fourth-order valence-corrected chi connectivity index (χ4v) is 14.2. The molecule has 7 rings (SSSR count). The number of hydroxylamine groups is 2. The Bertz CT molecular complexity index is 2490. The summed E-state index contributed by atoms with van der Waals surface area (Å²) in [4.78, 5) is 50.0. The summed E-state index contributed by atoms with van der Waals surface area (Å²) in [6.45, 7) is 31.5. The van der Waals surface area contributed by atoms with Gasteiger partial charge in [0.1, 0.15) is 0 Å². The number of imide groups is 1. The van der Waals surface area contributed by atoms with Gasteiger partial charge in [0.15, 0.2) is 14.8 Å². The standard InChI is InChI=1S/C15H19NO5Si.C12H19NO2Si.C10H15ClSi.C10H16OSi.C7H7.C4H8O.2C3H8Cl2Si.ClH2.Mg/c1-22(2,10-12-6-4-3-5-7-12)11-20-15(19)21-16-13(17)8-9-14(16)18;1-13-12(14)15-10-16(2,3)9-11-7-5-4-6-8-11;2*1-12(2,9-11)8-10-6-4-3-5-7-10;1-7-5-3-2-4-6-7;1-2-4-5-3-1;2*1-6(2,5)3-4;;/h3-7H,8-11H2,1-2H3;4-8H,9-10H2,1-3H3,(H,13,14);3-7H,8-9H2,1-2H3;3-7,11H,8-9H2,1-2H3;2-6H,1H2;1-4H2;2*3H2,1-2H3;1H2;/q;;;;-1;;;;+1;+2. The first-order chi connectivity index (χ1) is 40.2. The maximum Gasteiger partial charge on any atom is 2.00 e. The van der Waals surface area contributed by atoms with Crippen LogP contribution in [0.1, 0.15) is 53.5 Å². The molecule has 24 heteroatoms. The zero-order valence-electron chi connectivity index (χ0n) is 54.7. The van der Waals surface area contributed by atoms with Crippen LogP contribution >= 0.6 is 57.0 Å². The third-order valence-corrected chi connectivity index (χ3v) is 29.7. The molecule has 5 aromatic carbocycles. The molecule has 11 nitrogen and oxygen atoms in total. The monoisotopic (exact) mass is 1440 g/mol. The number of hydrogen-bond donors (Lipinski definition) is 2. The Balaban J connectivity index is -0.000000982. The van der Waals surface area contributed by atoms with E-state index in [1.165, 1.54) is 41.1 Å². The molecule has 2 N–H and O–H groups in total. The molecular formula is C64H102Cl6MgN2O9Si6+2. The zero-order chi connectivity index (χ0) is 65.3. The summed E-state index contributed by atoms with van der Waals surface area (Å²) in [5, 5.41) is 12.1. The Morgan fingerprint density at radius 3 is 1.07 bits per heavy atom. The Morgan fingerprint density at radius 1 is 0.523 bits per heavy atom. The van der Waals surface area contributed by atoms with Crippen molar-refractivity contribution in [2.24, 2.45) is 0 Å². The minimum absolute atomic E-state index is 0. The average molecular weight is 1450 g/mol. The normalized spacial score (nSPS) is 12.6. The topological polar surface area (TPSA) is 141 Å². The van der Waals surface area contributed by atoms with E-state index in [1.807, 2.05) is 111 Å². The number of hydrogen-bond acceptors (Lipinski definition) is 9. The Labute approximate surface area is 582 Å². The number of halogens is 6. The van der Waals surface area contributed by atoms with Crippen molar-refractivity contribution in [3.63, 3.8) is 0 Å². The molecule has 2 saturated heterocycles. The second kappa shape index (κ2) is 49.0. The molecule has 488 valence electrons. The van der Waals surface area contributed by atoms with Crippen LogP contribution in [0.3, 0.4) is 0 Å². The third kappa shape index (κ3) is 51.0. The average Bonchev–Trinajstić information content (AvgIpc) is 4.38. The molecule has 5 aromatic rings. The van der Waals surface area contributed by atoms with Gasteiger partial charge in [-0.25, -0.2) is 9.59 Å². The third-order valence-electron chi connectivity index (χ3n) is 11.7. The summed E-state index contributed by atoms with van der Waals surface area (Å²) in [5.41, 5.74) is 8.51. The molecule has 3 amide bonds. The Kier molecular flexibility index (Phi) is 49.9. The van der Waals surface area contributed by atoms with Crippen LogP contribution < -0.4 is 5.32 Å². The van der Waals surface area contributed by atoms with Crippen molar-refractivity contribution >= 4 is 151 Å². The number of alkyl halides is 3. The van der Waals surface area contributed by atoms with E-state index in [0.29, 0.717) is 28.5 Å². The second-order valence-electron chi connectivity index (χ2n) is 25.1. The molecule has 0 saturated carbocycles. The minimum Gasteiger partial charge on any atom is -0.453 e. The van der Waals surface area contributed by atoms with Gasteiger partial charge in [-0.3, -0.25) is 14.4 Å². The van der Waals surface area contributed by atoms with Crippen LogP contribution in [0.2, 0.25) is 78.6 Å². The summed E-state index contributed by atoms with van der Waals surface area (Å²) in [6, 6.07) is 55.3. The van der Waals surface area contributed by atoms with Crippen LogP contribution in [-0.2, 0) is 52.8 Å². The van der Waals surface area contributed by atoms with Gasteiger partial charge in [0, 0.05) is 55.8 Å². The van der Waals surface area contributed by atoms with Crippen LogP contribution in [-0.4, -0.2) is 160 Å². The first-order valence-electron chi connectivity index (χ1n) is 29.0. The van der Waals surface area contributed by atoms with Crippen LogP contribution in [0.25, 0.3) is 0 Å². The van der Waals surface area contributed by atoms with Crippen molar-refractivity contribution in [2.45, 2.75) is 128 Å². The molecule has 0 unspecified atom stereocenters. The Hall–Kier alpha value is -2.62. The summed E-state index contributed by atoms with van der Waals surface area (Å²) in [7, 11) is -7.04. The molecule has 2 aliphatic rings. The van der Waals surface area contributed by atoms with E-state index in [0.717, 1.165) is 42.4 Å². The fraction of sp³-hybridized carbons (Fsp3) is 0.453. The van der Waals surface area contributed by atoms with Crippen LogP contribution in [0.4, 0.5) is 9.59 Å². The van der Waals surface area contributed by atoms with E-state index in [2.05, 4.69) is 136 Å². The summed E-state index contributed by atoms with van der Waals surface area (Å²) < 4.78 is 15.2. The summed E-state index contributed by atoms with van der Waals surface area (Å²) in [5.74, 6) is -1.02. The first kappa shape index (κ1) is 89.6. The maximum atomic E-state index is 11.6. The summed E-state index contributed by atoms with van der Waals surface area (Å²) >= 11 is 28.2. The number of carbonyl (C=O) groups is 4. The first-order valence-corrected chi connectivity index (χ1v) is 52.7. The van der Waals surface area contributed by atoms with Crippen molar-refractivity contribution in [1.29, 1.82) is 0 Å². The van der Waals surface area contributed by atoms with Gasteiger partial charge in [-0.15, -0.1) is 46.9 Å². The quantitative estimate of drug-likeness (QED) is 0.0232. The largest absolute Gasteiger partial charge is 2.00 e. The van der Waals surface area contributed by atoms with Gasteiger partial charge < -0.3 is 24.6 Å². The van der Waals surface area contributed by atoms with E-state index in [-0.39, 0.29) is 60.6 Å². The molecule has 0 spiro atoms. The van der Waals surface area contributed by atoms with Gasteiger partial charge in [-0.05, 0) is 37.0 Å². The van der Waals surface area contributed by atoms with E-state index >= 15 is 0 Å². The van der Waals surface area contributed by atoms with Crippen molar-refractivity contribution in [1.82, 2.24) is 10.4 Å². The predicted octanol–water partition coefficient (Wildman–Crippen LogP) is 16.0. The number of rotatable bonds is 17. The molecule has 0 bridgehead atoms. The number of aliphatic hydroxyl groups is 1. The second-order valence-corrected chi connectivity index (χ2v) is 61.0. The van der Waals surface area contributed by atoms with Crippen LogP contribution in [0.15, 0.2) is 152 Å². The Morgan fingerprint density at radius 2 is 0.818 bits per heavy atom. The van der Waals surface area contributed by atoms with Gasteiger partial charge in [0.2, 0.25) is 0 Å². The van der Waals surface area contributed by atoms with E-state index in [9.17, 15) is 19.2 Å². The van der Waals surface area contributed by atoms with Crippen LogP contribution in [0, 0.1) is 19.3 Å². The van der Waals surface area contributed by atoms with Gasteiger partial charge in [-0.1, -0.05) is 233 Å². The number of carbonyl (C=O) groups excluding carboxylic acids is 4. The molecule has 0 atom stereocenters. The van der Waals surface area contributed by atoms with Crippen LogP contribution in [0.5, 0.6) is 0 Å². The van der Waals surface area contributed by atoms with Crippen molar-refractivity contribution in [3.8, 4) is 0 Å². The number of alkyl carbamates (subject to hydrolysis) is 1. The van der Waals surface area contributed by atoms with E-state index < -0.39 is 65.0 Å². The molecular weight excluding hydrogens is 1350 g/mol. The molecule has 0 aromatic heterocycles.